The lowest BCUT2D eigenvalue weighted by molar-refractivity contribution is 0.304. The van der Waals surface area contributed by atoms with Gasteiger partial charge in [-0.3, -0.25) is 0 Å². The Morgan fingerprint density at radius 2 is 2.14 bits per heavy atom. The molecule has 1 heterocycles. The molecule has 1 aliphatic heterocycles. The highest BCUT2D eigenvalue weighted by Gasteiger charge is 2.38. The van der Waals surface area contributed by atoms with Crippen LogP contribution in [0, 0.1) is 5.82 Å². The molecule has 1 aliphatic rings. The summed E-state index contributed by atoms with van der Waals surface area (Å²) in [7, 11) is -3.53. The minimum Gasteiger partial charge on any atom is -0.309 e. The van der Waals surface area contributed by atoms with E-state index in [0.717, 1.165) is 0 Å². The summed E-state index contributed by atoms with van der Waals surface area (Å²) in [4.78, 5) is 0. The highest BCUT2D eigenvalue weighted by molar-refractivity contribution is 7.89. The highest BCUT2D eigenvalue weighted by atomic mass is 35.5. The van der Waals surface area contributed by atoms with E-state index in [9.17, 15) is 17.2 Å². The molecule has 9 heteroatoms. The van der Waals surface area contributed by atoms with E-state index in [-0.39, 0.29) is 36.1 Å². The minimum atomic E-state index is -3.53. The molecular formula is C13H18Cl2F2N2O2S. The highest BCUT2D eigenvalue weighted by Crippen LogP contribution is 2.22. The molecule has 0 unspecified atom stereocenters. The first kappa shape index (κ1) is 19.6. The topological polar surface area (TPSA) is 58.2 Å². The maximum Gasteiger partial charge on any atom is 0.211 e. The fourth-order valence-electron chi connectivity index (χ4n) is 2.36. The van der Waals surface area contributed by atoms with Gasteiger partial charge in [0.2, 0.25) is 10.0 Å². The molecule has 1 aromatic rings. The summed E-state index contributed by atoms with van der Waals surface area (Å²) in [6, 6.07) is 3.16. The normalized spacial score (nSPS) is 25.0. The molecule has 126 valence electrons. The molecule has 0 bridgehead atoms. The van der Waals surface area contributed by atoms with Crippen molar-refractivity contribution in [2.75, 3.05) is 12.3 Å². The standard InChI is InChI=1S/C13H17ClF2N2O2S.ClH/c1-2-21(19,20)18-13-10(15)7-17-11(13)6-8-4-3-5-9(14)12(8)16;/h3-5,10-11,13,17-18H,2,6-7H2,1H3;1H/t10-,11-,13-;/m0./s1. The van der Waals surface area contributed by atoms with E-state index >= 15 is 0 Å². The molecule has 0 amide bonds. The van der Waals surface area contributed by atoms with Gasteiger partial charge in [-0.05, 0) is 25.0 Å². The summed E-state index contributed by atoms with van der Waals surface area (Å²) >= 11 is 5.71. The first-order valence-electron chi connectivity index (χ1n) is 6.64. The number of alkyl halides is 1. The Bertz CT molecular complexity index is 616. The van der Waals surface area contributed by atoms with Crippen LogP contribution in [-0.2, 0) is 16.4 Å². The van der Waals surface area contributed by atoms with Crippen LogP contribution >= 0.6 is 24.0 Å². The van der Waals surface area contributed by atoms with Gasteiger partial charge in [0.1, 0.15) is 12.0 Å². The van der Waals surface area contributed by atoms with Gasteiger partial charge >= 0.3 is 0 Å². The molecular weight excluding hydrogens is 357 g/mol. The van der Waals surface area contributed by atoms with Crippen molar-refractivity contribution < 1.29 is 17.2 Å². The number of rotatable bonds is 5. The number of hydrogen-bond acceptors (Lipinski definition) is 3. The Morgan fingerprint density at radius 3 is 2.77 bits per heavy atom. The number of hydrogen-bond donors (Lipinski definition) is 2. The van der Waals surface area contributed by atoms with Crippen molar-refractivity contribution in [2.24, 2.45) is 0 Å². The number of nitrogens with one attached hydrogen (secondary N) is 2. The van der Waals surface area contributed by atoms with Crippen LogP contribution < -0.4 is 10.0 Å². The van der Waals surface area contributed by atoms with Gasteiger partial charge in [0, 0.05) is 12.6 Å². The largest absolute Gasteiger partial charge is 0.309 e. The Kier molecular flexibility index (Phi) is 7.01. The molecule has 1 saturated heterocycles. The second kappa shape index (κ2) is 7.88. The Labute approximate surface area is 140 Å². The van der Waals surface area contributed by atoms with Crippen molar-refractivity contribution in [1.29, 1.82) is 0 Å². The molecule has 0 aliphatic carbocycles. The van der Waals surface area contributed by atoms with Crippen molar-refractivity contribution in [3.63, 3.8) is 0 Å². The van der Waals surface area contributed by atoms with Crippen molar-refractivity contribution in [1.82, 2.24) is 10.0 Å². The molecule has 3 atom stereocenters. The van der Waals surface area contributed by atoms with Crippen LogP contribution in [0.2, 0.25) is 5.02 Å². The lowest BCUT2D eigenvalue weighted by atomic mass is 10.0. The maximum atomic E-state index is 13.9. The molecule has 1 aromatic carbocycles. The van der Waals surface area contributed by atoms with Crippen LogP contribution in [0.4, 0.5) is 8.78 Å². The third-order valence-corrected chi connectivity index (χ3v) is 5.25. The smallest absolute Gasteiger partial charge is 0.211 e. The summed E-state index contributed by atoms with van der Waals surface area (Å²) in [5.41, 5.74) is 0.329. The zero-order chi connectivity index (χ0) is 15.6. The summed E-state index contributed by atoms with van der Waals surface area (Å²) in [6.07, 6.45) is -1.19. The third kappa shape index (κ3) is 4.52. The van der Waals surface area contributed by atoms with E-state index in [4.69, 9.17) is 11.6 Å². The average Bonchev–Trinajstić information content (AvgIpc) is 2.76. The lowest BCUT2D eigenvalue weighted by Crippen LogP contribution is -2.48. The second-order valence-corrected chi connectivity index (χ2v) is 7.44. The van der Waals surface area contributed by atoms with E-state index in [1.165, 1.54) is 13.0 Å². The fraction of sp³-hybridized carbons (Fsp3) is 0.538. The van der Waals surface area contributed by atoms with Gasteiger partial charge in [0.15, 0.2) is 0 Å². The van der Waals surface area contributed by atoms with Gasteiger partial charge in [0.05, 0.1) is 16.8 Å². The van der Waals surface area contributed by atoms with Crippen LogP contribution in [0.25, 0.3) is 0 Å². The predicted octanol–water partition coefficient (Wildman–Crippen LogP) is 2.06. The first-order chi connectivity index (χ1) is 9.84. The second-order valence-electron chi connectivity index (χ2n) is 4.99. The van der Waals surface area contributed by atoms with E-state index in [0.29, 0.717) is 5.56 Å². The molecule has 0 spiro atoms. The van der Waals surface area contributed by atoms with Crippen molar-refractivity contribution in [3.8, 4) is 0 Å². The Balaban J connectivity index is 0.00000242. The van der Waals surface area contributed by atoms with Crippen LogP contribution in [-0.4, -0.2) is 39.0 Å². The zero-order valence-corrected chi connectivity index (χ0v) is 14.2. The third-order valence-electron chi connectivity index (χ3n) is 3.57. The van der Waals surface area contributed by atoms with Crippen LogP contribution in [0.1, 0.15) is 12.5 Å². The average molecular weight is 375 g/mol. The quantitative estimate of drug-likeness (QED) is 0.829. The van der Waals surface area contributed by atoms with Gasteiger partial charge < -0.3 is 5.32 Å². The molecule has 22 heavy (non-hydrogen) atoms. The minimum absolute atomic E-state index is 0. The fourth-order valence-corrected chi connectivity index (χ4v) is 3.45. The number of halogens is 4. The van der Waals surface area contributed by atoms with Gasteiger partial charge in [-0.15, -0.1) is 12.4 Å². The Morgan fingerprint density at radius 1 is 1.45 bits per heavy atom. The Hall–Kier alpha value is -0.470. The van der Waals surface area contributed by atoms with Gasteiger partial charge in [-0.2, -0.15) is 0 Å². The van der Waals surface area contributed by atoms with Gasteiger partial charge in [-0.25, -0.2) is 21.9 Å². The lowest BCUT2D eigenvalue weighted by Gasteiger charge is -2.22. The van der Waals surface area contributed by atoms with E-state index < -0.39 is 34.1 Å². The summed E-state index contributed by atoms with van der Waals surface area (Å²) in [6.45, 7) is 1.51. The van der Waals surface area contributed by atoms with Gasteiger partial charge in [0.25, 0.3) is 0 Å². The molecule has 2 rings (SSSR count). The molecule has 1 fully saturated rings. The van der Waals surface area contributed by atoms with Crippen LogP contribution in [0.5, 0.6) is 0 Å². The number of sulfonamides is 1. The molecule has 0 radical (unpaired) electrons. The molecule has 0 aromatic heterocycles. The van der Waals surface area contributed by atoms with Gasteiger partial charge in [-0.1, -0.05) is 23.7 Å². The monoisotopic (exact) mass is 374 g/mol. The maximum absolute atomic E-state index is 13.9. The van der Waals surface area contributed by atoms with Crippen molar-refractivity contribution in [3.05, 3.63) is 34.6 Å². The van der Waals surface area contributed by atoms with Crippen molar-refractivity contribution >= 4 is 34.0 Å². The molecule has 2 N–H and O–H groups in total. The number of benzene rings is 1. The molecule has 0 saturated carbocycles. The van der Waals surface area contributed by atoms with Crippen LogP contribution in [0.3, 0.4) is 0 Å². The zero-order valence-electron chi connectivity index (χ0n) is 11.9. The predicted molar refractivity (Wildman–Crippen MR) is 85.4 cm³/mol. The first-order valence-corrected chi connectivity index (χ1v) is 8.67. The summed E-state index contributed by atoms with van der Waals surface area (Å²) in [5, 5.41) is 2.88. The van der Waals surface area contributed by atoms with E-state index in [1.807, 2.05) is 0 Å². The van der Waals surface area contributed by atoms with E-state index in [2.05, 4.69) is 10.0 Å². The summed E-state index contributed by atoms with van der Waals surface area (Å²) < 4.78 is 53.3. The SMILES string of the molecule is CCS(=O)(=O)N[C@@H]1[C@H](Cc2cccc(Cl)c2F)NC[C@@H]1F.Cl. The summed E-state index contributed by atoms with van der Waals surface area (Å²) in [5.74, 6) is -0.686. The van der Waals surface area contributed by atoms with Crippen LogP contribution in [0.15, 0.2) is 18.2 Å². The van der Waals surface area contributed by atoms with Crippen molar-refractivity contribution in [2.45, 2.75) is 31.6 Å². The molecule has 4 nitrogen and oxygen atoms in total. The van der Waals surface area contributed by atoms with E-state index in [1.54, 1.807) is 12.1 Å².